The number of carboxylic acids is 1. The Morgan fingerprint density at radius 2 is 2.16 bits per heavy atom. The summed E-state index contributed by atoms with van der Waals surface area (Å²) in [6.45, 7) is 5.71. The van der Waals surface area contributed by atoms with Crippen LogP contribution in [0.1, 0.15) is 40.0 Å². The molecular formula is C13H21NO5. The minimum atomic E-state index is -1.10. The molecule has 0 aromatic heterocycles. The van der Waals surface area contributed by atoms with E-state index in [1.165, 1.54) is 6.08 Å². The zero-order chi connectivity index (χ0) is 14.6. The Balaban J connectivity index is 2.95. The predicted octanol–water partition coefficient (Wildman–Crippen LogP) is 2.26. The van der Waals surface area contributed by atoms with Gasteiger partial charge >= 0.3 is 5.97 Å². The third-order valence-electron chi connectivity index (χ3n) is 3.73. The van der Waals surface area contributed by atoms with Crippen molar-refractivity contribution in [1.82, 2.24) is 0 Å². The minimum Gasteiger partial charge on any atom is -0.478 e. The maximum Gasteiger partial charge on any atom is 0.331 e. The summed E-state index contributed by atoms with van der Waals surface area (Å²) >= 11 is 0. The lowest BCUT2D eigenvalue weighted by molar-refractivity contribution is -0.534. The van der Waals surface area contributed by atoms with Gasteiger partial charge in [0.25, 0.3) is 0 Å². The van der Waals surface area contributed by atoms with Crippen molar-refractivity contribution in [2.75, 3.05) is 0 Å². The van der Waals surface area contributed by atoms with E-state index in [-0.39, 0.29) is 24.0 Å². The van der Waals surface area contributed by atoms with Crippen LogP contribution in [0.25, 0.3) is 0 Å². The molecule has 19 heavy (non-hydrogen) atoms. The van der Waals surface area contributed by atoms with Crippen molar-refractivity contribution >= 4 is 5.97 Å². The van der Waals surface area contributed by atoms with E-state index in [9.17, 15) is 14.9 Å². The zero-order valence-corrected chi connectivity index (χ0v) is 11.5. The van der Waals surface area contributed by atoms with Crippen LogP contribution in [-0.2, 0) is 9.53 Å². The highest BCUT2D eigenvalue weighted by molar-refractivity contribution is 5.87. The summed E-state index contributed by atoms with van der Waals surface area (Å²) < 4.78 is 5.82. The summed E-state index contributed by atoms with van der Waals surface area (Å²) in [5.41, 5.74) is 0.0794. The molecule has 1 N–H and O–H groups in total. The van der Waals surface area contributed by atoms with E-state index in [0.29, 0.717) is 0 Å². The van der Waals surface area contributed by atoms with Crippen LogP contribution in [0.2, 0.25) is 0 Å². The van der Waals surface area contributed by atoms with E-state index in [1.807, 2.05) is 13.8 Å². The monoisotopic (exact) mass is 271 g/mol. The van der Waals surface area contributed by atoms with Gasteiger partial charge < -0.3 is 9.84 Å². The number of nitrogens with zero attached hydrogens (tertiary/aromatic N) is 1. The first-order valence-corrected chi connectivity index (χ1v) is 6.63. The van der Waals surface area contributed by atoms with Crippen molar-refractivity contribution in [3.05, 3.63) is 21.8 Å². The Hall–Kier alpha value is -1.43. The number of hydrogen-bond donors (Lipinski definition) is 1. The van der Waals surface area contributed by atoms with Crippen molar-refractivity contribution in [2.45, 2.75) is 58.3 Å². The molecular weight excluding hydrogens is 250 g/mol. The molecule has 108 valence electrons. The molecule has 0 spiro atoms. The molecule has 1 aliphatic carbocycles. The van der Waals surface area contributed by atoms with E-state index in [4.69, 9.17) is 9.84 Å². The van der Waals surface area contributed by atoms with Gasteiger partial charge in [0.15, 0.2) is 0 Å². The lowest BCUT2D eigenvalue weighted by Gasteiger charge is -2.31. The molecule has 6 heteroatoms. The van der Waals surface area contributed by atoms with Crippen LogP contribution in [0, 0.1) is 16.0 Å². The molecule has 3 atom stereocenters. The van der Waals surface area contributed by atoms with Crippen molar-refractivity contribution in [3.63, 3.8) is 0 Å². The highest BCUT2D eigenvalue weighted by atomic mass is 16.6. The van der Waals surface area contributed by atoms with Crippen molar-refractivity contribution in [2.24, 2.45) is 5.92 Å². The van der Waals surface area contributed by atoms with Crippen LogP contribution >= 0.6 is 0 Å². The molecule has 0 radical (unpaired) electrons. The van der Waals surface area contributed by atoms with E-state index in [1.54, 1.807) is 6.92 Å². The SMILES string of the molecule is CCC(CC)O[C@@H]1C=C(C(=O)O)CC([N+](=O)[O-])[C@H]1C. The molecule has 0 fully saturated rings. The van der Waals surface area contributed by atoms with Gasteiger partial charge in [-0.05, 0) is 18.9 Å². The van der Waals surface area contributed by atoms with Crippen LogP contribution in [0.4, 0.5) is 0 Å². The lowest BCUT2D eigenvalue weighted by atomic mass is 9.84. The first kappa shape index (κ1) is 15.6. The van der Waals surface area contributed by atoms with Gasteiger partial charge in [0.2, 0.25) is 6.04 Å². The fourth-order valence-corrected chi connectivity index (χ4v) is 2.34. The molecule has 0 saturated carbocycles. The number of carbonyl (C=O) groups is 1. The van der Waals surface area contributed by atoms with Crippen LogP contribution in [0.15, 0.2) is 11.6 Å². The second-order valence-corrected chi connectivity index (χ2v) is 4.95. The highest BCUT2D eigenvalue weighted by Crippen LogP contribution is 2.29. The van der Waals surface area contributed by atoms with Gasteiger partial charge in [-0.1, -0.05) is 20.8 Å². The van der Waals surface area contributed by atoms with Gasteiger partial charge in [0, 0.05) is 16.9 Å². The molecule has 0 aromatic rings. The smallest absolute Gasteiger partial charge is 0.331 e. The van der Waals surface area contributed by atoms with Crippen molar-refractivity contribution < 1.29 is 19.6 Å². The fourth-order valence-electron chi connectivity index (χ4n) is 2.34. The molecule has 0 aromatic carbocycles. The Labute approximate surface area is 112 Å². The van der Waals surface area contributed by atoms with Crippen LogP contribution < -0.4 is 0 Å². The molecule has 1 rings (SSSR count). The lowest BCUT2D eigenvalue weighted by Crippen LogP contribution is -2.41. The second kappa shape index (κ2) is 6.65. The van der Waals surface area contributed by atoms with Crippen molar-refractivity contribution in [1.29, 1.82) is 0 Å². The Morgan fingerprint density at radius 3 is 2.58 bits per heavy atom. The van der Waals surface area contributed by atoms with Gasteiger partial charge in [-0.2, -0.15) is 0 Å². The standard InChI is InChI=1S/C13H21NO5/c1-4-10(5-2)19-12-7-9(13(15)16)6-11(8(12)3)14(17)18/h7-8,10-12H,4-6H2,1-3H3,(H,15,16)/t8-,11?,12-/m1/s1. The zero-order valence-electron chi connectivity index (χ0n) is 11.5. The number of rotatable bonds is 6. The van der Waals surface area contributed by atoms with Gasteiger partial charge in [-0.15, -0.1) is 0 Å². The molecule has 0 bridgehead atoms. The Bertz CT molecular complexity index is 375. The summed E-state index contributed by atoms with van der Waals surface area (Å²) in [5.74, 6) is -1.42. The summed E-state index contributed by atoms with van der Waals surface area (Å²) in [7, 11) is 0. The molecule has 0 aliphatic heterocycles. The molecule has 0 amide bonds. The van der Waals surface area contributed by atoms with Crippen LogP contribution in [0.3, 0.4) is 0 Å². The molecule has 1 aliphatic rings. The van der Waals surface area contributed by atoms with Gasteiger partial charge in [-0.25, -0.2) is 4.79 Å². The first-order chi connectivity index (χ1) is 8.90. The highest BCUT2D eigenvalue weighted by Gasteiger charge is 2.40. The van der Waals surface area contributed by atoms with Gasteiger partial charge in [-0.3, -0.25) is 10.1 Å². The summed E-state index contributed by atoms with van der Waals surface area (Å²) in [4.78, 5) is 21.7. The largest absolute Gasteiger partial charge is 0.478 e. The van der Waals surface area contributed by atoms with Crippen molar-refractivity contribution in [3.8, 4) is 0 Å². The van der Waals surface area contributed by atoms with Gasteiger partial charge in [0.05, 0.1) is 18.1 Å². The maximum absolute atomic E-state index is 11.1. The third kappa shape index (κ3) is 3.76. The Kier molecular flexibility index (Phi) is 5.47. The number of hydrogen-bond acceptors (Lipinski definition) is 4. The van der Waals surface area contributed by atoms with Crippen LogP contribution in [-0.4, -0.2) is 34.2 Å². The number of aliphatic carboxylic acids is 1. The molecule has 0 saturated heterocycles. The van der Waals surface area contributed by atoms with Gasteiger partial charge in [0.1, 0.15) is 0 Å². The predicted molar refractivity (Wildman–Crippen MR) is 69.5 cm³/mol. The average Bonchev–Trinajstić information content (AvgIpc) is 2.36. The maximum atomic E-state index is 11.1. The number of ether oxygens (including phenoxy) is 1. The quantitative estimate of drug-likeness (QED) is 0.591. The second-order valence-electron chi connectivity index (χ2n) is 4.95. The summed E-state index contributed by atoms with van der Waals surface area (Å²) in [6.07, 6.45) is 2.61. The summed E-state index contributed by atoms with van der Waals surface area (Å²) in [5, 5.41) is 20.1. The number of nitro groups is 1. The normalized spacial score (nSPS) is 27.2. The fraction of sp³-hybridized carbons (Fsp3) is 0.769. The summed E-state index contributed by atoms with van der Waals surface area (Å²) in [6, 6.07) is -0.893. The first-order valence-electron chi connectivity index (χ1n) is 6.63. The molecule has 0 heterocycles. The topological polar surface area (TPSA) is 89.7 Å². The van der Waals surface area contributed by atoms with E-state index >= 15 is 0 Å². The Morgan fingerprint density at radius 1 is 1.58 bits per heavy atom. The molecule has 6 nitrogen and oxygen atoms in total. The third-order valence-corrected chi connectivity index (χ3v) is 3.73. The van der Waals surface area contributed by atoms with Crippen LogP contribution in [0.5, 0.6) is 0 Å². The number of carboxylic acid groups (broad SMARTS) is 1. The van der Waals surface area contributed by atoms with E-state index < -0.39 is 23.0 Å². The van der Waals surface area contributed by atoms with E-state index in [2.05, 4.69) is 0 Å². The van der Waals surface area contributed by atoms with E-state index in [0.717, 1.165) is 12.8 Å². The molecule has 1 unspecified atom stereocenters. The minimum absolute atomic E-state index is 0.00393. The average molecular weight is 271 g/mol.